The monoisotopic (exact) mass is 308 g/mol. The Bertz CT molecular complexity index is 649. The van der Waals surface area contributed by atoms with Crippen LogP contribution in [0.2, 0.25) is 0 Å². The number of ether oxygens (including phenoxy) is 1. The van der Waals surface area contributed by atoms with Gasteiger partial charge in [-0.15, -0.1) is 0 Å². The summed E-state index contributed by atoms with van der Waals surface area (Å²) in [6.07, 6.45) is -0.887. The first-order valence-corrected chi connectivity index (χ1v) is 7.13. The van der Waals surface area contributed by atoms with Crippen LogP contribution in [0.5, 0.6) is 11.5 Å². The van der Waals surface area contributed by atoms with Crippen LogP contribution in [-0.4, -0.2) is 33.2 Å². The Hall–Kier alpha value is -2.08. The largest absolute Gasteiger partial charge is 0.507 e. The number of ketones is 1. The highest BCUT2D eigenvalue weighted by Crippen LogP contribution is 2.49. The summed E-state index contributed by atoms with van der Waals surface area (Å²) < 4.78 is 5.79. The molecule has 0 amide bonds. The van der Waals surface area contributed by atoms with E-state index in [0.29, 0.717) is 16.7 Å². The number of Topliss-reactive ketones (excluding diaryl/α,β-unsaturated/α-hetero) is 1. The molecule has 0 fully saturated rings. The van der Waals surface area contributed by atoms with E-state index in [1.54, 1.807) is 6.92 Å². The molecule has 0 spiro atoms. The Labute approximate surface area is 128 Å². The van der Waals surface area contributed by atoms with Gasteiger partial charge in [0.1, 0.15) is 22.8 Å². The lowest BCUT2D eigenvalue weighted by molar-refractivity contribution is -0.122. The van der Waals surface area contributed by atoms with Crippen molar-refractivity contribution in [2.24, 2.45) is 0 Å². The van der Waals surface area contributed by atoms with Crippen molar-refractivity contribution >= 4 is 11.8 Å². The molecule has 1 aliphatic rings. The van der Waals surface area contributed by atoms with Crippen molar-refractivity contribution in [1.29, 1.82) is 0 Å². The summed E-state index contributed by atoms with van der Waals surface area (Å²) in [4.78, 5) is 22.8. The molecule has 1 heterocycles. The standard InChI is InChI=1S/C16H20O6/c1-6(17)5-10-12-11(7(2)9(4)22-10)8(3)14(18)13(15(12)19)16(20)21/h7,9-10,18-19H,5H2,1-4H3,(H,20,21)/t7-,9-,10-/m1/s1. The molecule has 120 valence electrons. The predicted molar refractivity (Wildman–Crippen MR) is 78.5 cm³/mol. The number of hydrogen-bond donors (Lipinski definition) is 3. The molecule has 1 aliphatic heterocycles. The predicted octanol–water partition coefficient (Wildman–Crippen LogP) is 2.65. The van der Waals surface area contributed by atoms with Gasteiger partial charge in [-0.05, 0) is 31.9 Å². The maximum absolute atomic E-state index is 11.5. The van der Waals surface area contributed by atoms with Gasteiger partial charge in [-0.3, -0.25) is 4.79 Å². The lowest BCUT2D eigenvalue weighted by Gasteiger charge is -2.37. The second-order valence-electron chi connectivity index (χ2n) is 5.85. The van der Waals surface area contributed by atoms with Gasteiger partial charge in [-0.2, -0.15) is 0 Å². The number of rotatable bonds is 3. The van der Waals surface area contributed by atoms with Crippen LogP contribution in [0.1, 0.15) is 66.3 Å². The highest BCUT2D eigenvalue weighted by molar-refractivity contribution is 5.95. The van der Waals surface area contributed by atoms with Crippen LogP contribution in [0.3, 0.4) is 0 Å². The average Bonchev–Trinajstić information content (AvgIpc) is 2.39. The Morgan fingerprint density at radius 3 is 2.23 bits per heavy atom. The number of carbonyl (C=O) groups excluding carboxylic acids is 1. The average molecular weight is 308 g/mol. The third-order valence-electron chi connectivity index (χ3n) is 4.33. The lowest BCUT2D eigenvalue weighted by atomic mass is 9.80. The zero-order valence-electron chi connectivity index (χ0n) is 13.0. The maximum Gasteiger partial charge on any atom is 0.343 e. The summed E-state index contributed by atoms with van der Waals surface area (Å²) in [7, 11) is 0. The highest BCUT2D eigenvalue weighted by atomic mass is 16.5. The van der Waals surface area contributed by atoms with E-state index >= 15 is 0 Å². The van der Waals surface area contributed by atoms with Crippen molar-refractivity contribution in [3.05, 3.63) is 22.3 Å². The van der Waals surface area contributed by atoms with Crippen molar-refractivity contribution < 1.29 is 29.6 Å². The fourth-order valence-corrected chi connectivity index (χ4v) is 3.10. The molecule has 0 bridgehead atoms. The van der Waals surface area contributed by atoms with E-state index in [9.17, 15) is 24.9 Å². The smallest absolute Gasteiger partial charge is 0.343 e. The molecule has 1 aromatic carbocycles. The second kappa shape index (κ2) is 5.61. The van der Waals surface area contributed by atoms with E-state index in [1.165, 1.54) is 6.92 Å². The maximum atomic E-state index is 11.5. The minimum Gasteiger partial charge on any atom is -0.507 e. The summed E-state index contributed by atoms with van der Waals surface area (Å²) in [6, 6.07) is 0. The second-order valence-corrected chi connectivity index (χ2v) is 5.85. The van der Waals surface area contributed by atoms with E-state index < -0.39 is 29.1 Å². The molecular formula is C16H20O6. The number of hydrogen-bond acceptors (Lipinski definition) is 5. The first-order chi connectivity index (χ1) is 10.2. The van der Waals surface area contributed by atoms with Gasteiger partial charge in [0.25, 0.3) is 0 Å². The molecular weight excluding hydrogens is 288 g/mol. The Balaban J connectivity index is 2.79. The fraction of sp³-hybridized carbons (Fsp3) is 0.500. The zero-order chi connectivity index (χ0) is 16.8. The van der Waals surface area contributed by atoms with Crippen LogP contribution >= 0.6 is 0 Å². The third kappa shape index (κ3) is 2.43. The number of phenols is 2. The highest BCUT2D eigenvalue weighted by Gasteiger charge is 2.38. The molecule has 0 aromatic heterocycles. The molecule has 3 N–H and O–H groups in total. The van der Waals surface area contributed by atoms with Crippen LogP contribution in [0.15, 0.2) is 0 Å². The van der Waals surface area contributed by atoms with E-state index in [1.807, 2.05) is 13.8 Å². The minimum absolute atomic E-state index is 0.0426. The van der Waals surface area contributed by atoms with Crippen LogP contribution in [0, 0.1) is 6.92 Å². The molecule has 0 aliphatic carbocycles. The number of benzene rings is 1. The van der Waals surface area contributed by atoms with Gasteiger partial charge >= 0.3 is 5.97 Å². The van der Waals surface area contributed by atoms with E-state index in [0.717, 1.165) is 0 Å². The van der Waals surface area contributed by atoms with Gasteiger partial charge in [-0.25, -0.2) is 4.79 Å². The minimum atomic E-state index is -1.42. The zero-order valence-corrected chi connectivity index (χ0v) is 13.0. The summed E-state index contributed by atoms with van der Waals surface area (Å²) in [5.41, 5.74) is 0.815. The number of aromatic hydroxyl groups is 2. The molecule has 6 nitrogen and oxygen atoms in total. The topological polar surface area (TPSA) is 104 Å². The van der Waals surface area contributed by atoms with E-state index in [-0.39, 0.29) is 24.2 Å². The number of carbonyl (C=O) groups is 2. The molecule has 0 radical (unpaired) electrons. The molecule has 3 atom stereocenters. The van der Waals surface area contributed by atoms with Gasteiger partial charge in [0, 0.05) is 17.9 Å². The third-order valence-corrected chi connectivity index (χ3v) is 4.33. The van der Waals surface area contributed by atoms with Crippen molar-refractivity contribution in [2.45, 2.75) is 52.2 Å². The molecule has 0 unspecified atom stereocenters. The molecule has 6 heteroatoms. The van der Waals surface area contributed by atoms with Crippen molar-refractivity contribution in [1.82, 2.24) is 0 Å². The summed E-state index contributed by atoms with van der Waals surface area (Å²) in [5, 5.41) is 29.7. The van der Waals surface area contributed by atoms with E-state index in [4.69, 9.17) is 4.74 Å². The molecule has 2 rings (SSSR count). The van der Waals surface area contributed by atoms with Gasteiger partial charge in [-0.1, -0.05) is 6.92 Å². The lowest BCUT2D eigenvalue weighted by Crippen LogP contribution is -2.29. The van der Waals surface area contributed by atoms with Crippen LogP contribution in [-0.2, 0) is 9.53 Å². The molecule has 0 saturated heterocycles. The Morgan fingerprint density at radius 2 is 1.73 bits per heavy atom. The number of aromatic carboxylic acids is 1. The van der Waals surface area contributed by atoms with Crippen molar-refractivity contribution in [3.63, 3.8) is 0 Å². The summed E-state index contributed by atoms with van der Waals surface area (Å²) in [6.45, 7) is 6.74. The van der Waals surface area contributed by atoms with Gasteiger partial charge in [0.05, 0.1) is 12.2 Å². The fourth-order valence-electron chi connectivity index (χ4n) is 3.10. The number of fused-ring (bicyclic) bond motifs is 1. The number of carboxylic acid groups (broad SMARTS) is 1. The van der Waals surface area contributed by atoms with Crippen LogP contribution < -0.4 is 0 Å². The van der Waals surface area contributed by atoms with Crippen molar-refractivity contribution in [2.75, 3.05) is 0 Å². The quantitative estimate of drug-likeness (QED) is 0.793. The van der Waals surface area contributed by atoms with Gasteiger partial charge in [0.15, 0.2) is 0 Å². The van der Waals surface area contributed by atoms with E-state index in [2.05, 4.69) is 0 Å². The summed E-state index contributed by atoms with van der Waals surface area (Å²) in [5.74, 6) is -2.65. The van der Waals surface area contributed by atoms with Gasteiger partial charge in [0.2, 0.25) is 0 Å². The van der Waals surface area contributed by atoms with Gasteiger partial charge < -0.3 is 20.1 Å². The normalized spacial score (nSPS) is 23.9. The van der Waals surface area contributed by atoms with Crippen LogP contribution in [0.4, 0.5) is 0 Å². The molecule has 1 aromatic rings. The first-order valence-electron chi connectivity index (χ1n) is 7.13. The molecule has 0 saturated carbocycles. The van der Waals surface area contributed by atoms with Crippen molar-refractivity contribution in [3.8, 4) is 11.5 Å². The Kier molecular flexibility index (Phi) is 4.15. The summed E-state index contributed by atoms with van der Waals surface area (Å²) >= 11 is 0. The first kappa shape index (κ1) is 16.3. The Morgan fingerprint density at radius 1 is 1.14 bits per heavy atom. The molecule has 22 heavy (non-hydrogen) atoms. The van der Waals surface area contributed by atoms with Crippen LogP contribution in [0.25, 0.3) is 0 Å². The SMILES string of the molecule is CC(=O)C[C@H]1O[C@H](C)[C@@H](C)c2c(C)c(O)c(C(=O)O)c(O)c21. The number of carboxylic acids is 1.